The van der Waals surface area contributed by atoms with E-state index in [2.05, 4.69) is 12.2 Å². The van der Waals surface area contributed by atoms with Gasteiger partial charge in [0.1, 0.15) is 5.75 Å². The van der Waals surface area contributed by atoms with E-state index in [4.69, 9.17) is 4.74 Å². The summed E-state index contributed by atoms with van der Waals surface area (Å²) in [5.74, 6) is 1.03. The molecule has 4 nitrogen and oxygen atoms in total. The van der Waals surface area contributed by atoms with Crippen molar-refractivity contribution in [3.8, 4) is 5.75 Å². The van der Waals surface area contributed by atoms with Crippen molar-refractivity contribution in [2.75, 3.05) is 20.7 Å². The summed E-state index contributed by atoms with van der Waals surface area (Å²) < 4.78 is 5.21. The molecule has 1 N–H and O–H groups in total. The van der Waals surface area contributed by atoms with Crippen LogP contribution in [0, 0.1) is 0 Å². The van der Waals surface area contributed by atoms with Crippen LogP contribution in [0.2, 0.25) is 0 Å². The first-order valence-corrected chi connectivity index (χ1v) is 6.27. The second kappa shape index (κ2) is 5.40. The monoisotopic (exact) mass is 248 g/mol. The van der Waals surface area contributed by atoms with Crippen molar-refractivity contribution in [1.82, 2.24) is 10.2 Å². The molecule has 0 saturated carbocycles. The summed E-state index contributed by atoms with van der Waals surface area (Å²) in [6.45, 7) is 2.90. The van der Waals surface area contributed by atoms with Gasteiger partial charge in [0.05, 0.1) is 13.2 Å². The molecule has 4 heteroatoms. The Hall–Kier alpha value is -1.55. The maximum Gasteiger partial charge on any atom is 0.239 e. The van der Waals surface area contributed by atoms with Gasteiger partial charge in [-0.2, -0.15) is 0 Å². The Kier molecular flexibility index (Phi) is 3.87. The minimum atomic E-state index is -0.0591. The number of likely N-dealkylation sites (N-methyl/N-ethyl adjacent to an activating group) is 1. The Morgan fingerprint density at radius 2 is 2.28 bits per heavy atom. The predicted octanol–water partition coefficient (Wildman–Crippen LogP) is 1.58. The molecule has 1 aliphatic heterocycles. The maximum absolute atomic E-state index is 11.8. The van der Waals surface area contributed by atoms with E-state index in [9.17, 15) is 4.79 Å². The summed E-state index contributed by atoms with van der Waals surface area (Å²) in [5, 5.41) is 3.38. The standard InChI is InChI=1S/C14H20N2O2/c1-10(11-5-4-6-12(9-11)18-3)15-13-7-8-16(2)14(13)17/h4-6,9-10,13,15H,7-8H2,1-3H3/t10-,13?/m0/s1. The topological polar surface area (TPSA) is 41.6 Å². The minimum Gasteiger partial charge on any atom is -0.497 e. The van der Waals surface area contributed by atoms with E-state index >= 15 is 0 Å². The van der Waals surface area contributed by atoms with Gasteiger partial charge in [-0.3, -0.25) is 10.1 Å². The molecule has 2 rings (SSSR count). The van der Waals surface area contributed by atoms with Crippen molar-refractivity contribution in [2.45, 2.75) is 25.4 Å². The van der Waals surface area contributed by atoms with E-state index in [-0.39, 0.29) is 18.0 Å². The number of likely N-dealkylation sites (tertiary alicyclic amines) is 1. The number of hydrogen-bond donors (Lipinski definition) is 1. The molecule has 0 aromatic heterocycles. The molecule has 0 spiro atoms. The van der Waals surface area contributed by atoms with Crippen LogP contribution in [0.4, 0.5) is 0 Å². The highest BCUT2D eigenvalue weighted by molar-refractivity contribution is 5.83. The second-order valence-electron chi connectivity index (χ2n) is 4.77. The summed E-state index contributed by atoms with van der Waals surface area (Å²) in [5.41, 5.74) is 1.14. The molecular formula is C14H20N2O2. The minimum absolute atomic E-state index is 0.0591. The molecule has 1 aliphatic rings. The molecule has 1 aromatic carbocycles. The number of nitrogens with zero attached hydrogens (tertiary/aromatic N) is 1. The van der Waals surface area contributed by atoms with Gasteiger partial charge in [0, 0.05) is 19.6 Å². The molecule has 1 unspecified atom stereocenters. The summed E-state index contributed by atoms with van der Waals surface area (Å²) in [4.78, 5) is 13.6. The summed E-state index contributed by atoms with van der Waals surface area (Å²) >= 11 is 0. The highest BCUT2D eigenvalue weighted by Crippen LogP contribution is 2.20. The van der Waals surface area contributed by atoms with Gasteiger partial charge in [-0.15, -0.1) is 0 Å². The van der Waals surface area contributed by atoms with Crippen molar-refractivity contribution in [1.29, 1.82) is 0 Å². The SMILES string of the molecule is COc1cccc([C@H](C)NC2CCN(C)C2=O)c1. The van der Waals surface area contributed by atoms with Crippen LogP contribution in [-0.4, -0.2) is 37.6 Å². The van der Waals surface area contributed by atoms with Crippen LogP contribution in [0.5, 0.6) is 5.75 Å². The van der Waals surface area contributed by atoms with Gasteiger partial charge in [0.15, 0.2) is 0 Å². The first-order valence-electron chi connectivity index (χ1n) is 6.27. The van der Waals surface area contributed by atoms with Crippen LogP contribution in [-0.2, 0) is 4.79 Å². The molecule has 1 saturated heterocycles. The largest absolute Gasteiger partial charge is 0.497 e. The van der Waals surface area contributed by atoms with E-state index in [1.807, 2.05) is 31.3 Å². The number of methoxy groups -OCH3 is 1. The fourth-order valence-corrected chi connectivity index (χ4v) is 2.29. The predicted molar refractivity (Wildman–Crippen MR) is 70.6 cm³/mol. The third-order valence-corrected chi connectivity index (χ3v) is 3.47. The quantitative estimate of drug-likeness (QED) is 0.879. The van der Waals surface area contributed by atoms with Crippen LogP contribution in [0.15, 0.2) is 24.3 Å². The molecule has 0 radical (unpaired) electrons. The lowest BCUT2D eigenvalue weighted by atomic mass is 10.1. The average molecular weight is 248 g/mol. The Balaban J connectivity index is 2.03. The Morgan fingerprint density at radius 1 is 1.50 bits per heavy atom. The van der Waals surface area contributed by atoms with Crippen LogP contribution < -0.4 is 10.1 Å². The van der Waals surface area contributed by atoms with Gasteiger partial charge in [-0.25, -0.2) is 0 Å². The number of nitrogens with one attached hydrogen (secondary N) is 1. The molecule has 1 fully saturated rings. The summed E-state index contributed by atoms with van der Waals surface area (Å²) in [6, 6.07) is 8.01. The second-order valence-corrected chi connectivity index (χ2v) is 4.77. The van der Waals surface area contributed by atoms with E-state index in [0.29, 0.717) is 0 Å². The summed E-state index contributed by atoms with van der Waals surface area (Å²) in [7, 11) is 3.51. The van der Waals surface area contributed by atoms with Gasteiger partial charge in [0.25, 0.3) is 0 Å². The van der Waals surface area contributed by atoms with Gasteiger partial charge < -0.3 is 9.64 Å². The zero-order valence-electron chi connectivity index (χ0n) is 11.1. The zero-order valence-corrected chi connectivity index (χ0v) is 11.1. The van der Waals surface area contributed by atoms with Crippen LogP contribution in [0.3, 0.4) is 0 Å². The third kappa shape index (κ3) is 2.64. The van der Waals surface area contributed by atoms with E-state index in [1.54, 1.807) is 12.0 Å². The number of ether oxygens (including phenoxy) is 1. The van der Waals surface area contributed by atoms with E-state index in [0.717, 1.165) is 24.3 Å². The smallest absolute Gasteiger partial charge is 0.239 e. The van der Waals surface area contributed by atoms with Crippen molar-refractivity contribution in [3.05, 3.63) is 29.8 Å². The molecule has 98 valence electrons. The Labute approximate surface area is 108 Å². The molecular weight excluding hydrogens is 228 g/mol. The first kappa shape index (κ1) is 12.9. The van der Waals surface area contributed by atoms with Gasteiger partial charge in [0.2, 0.25) is 5.91 Å². The normalized spacial score (nSPS) is 21.2. The Bertz CT molecular complexity index is 434. The summed E-state index contributed by atoms with van der Waals surface area (Å²) in [6.07, 6.45) is 0.879. The molecule has 0 bridgehead atoms. The van der Waals surface area contributed by atoms with E-state index < -0.39 is 0 Å². The number of hydrogen-bond acceptors (Lipinski definition) is 3. The number of carbonyl (C=O) groups is 1. The molecule has 1 amide bonds. The van der Waals surface area contributed by atoms with Crippen LogP contribution >= 0.6 is 0 Å². The number of benzene rings is 1. The highest BCUT2D eigenvalue weighted by atomic mass is 16.5. The lowest BCUT2D eigenvalue weighted by Crippen LogP contribution is -2.38. The highest BCUT2D eigenvalue weighted by Gasteiger charge is 2.29. The maximum atomic E-state index is 11.8. The molecule has 2 atom stereocenters. The van der Waals surface area contributed by atoms with Crippen LogP contribution in [0.1, 0.15) is 24.9 Å². The lowest BCUT2D eigenvalue weighted by Gasteiger charge is -2.19. The zero-order chi connectivity index (χ0) is 13.1. The first-order chi connectivity index (χ1) is 8.61. The third-order valence-electron chi connectivity index (χ3n) is 3.47. The van der Waals surface area contributed by atoms with Gasteiger partial charge in [-0.1, -0.05) is 12.1 Å². The molecule has 1 heterocycles. The Morgan fingerprint density at radius 3 is 2.89 bits per heavy atom. The van der Waals surface area contributed by atoms with Gasteiger partial charge >= 0.3 is 0 Å². The van der Waals surface area contributed by atoms with Gasteiger partial charge in [-0.05, 0) is 31.0 Å². The van der Waals surface area contributed by atoms with E-state index in [1.165, 1.54) is 0 Å². The molecule has 18 heavy (non-hydrogen) atoms. The van der Waals surface area contributed by atoms with Crippen molar-refractivity contribution >= 4 is 5.91 Å². The van der Waals surface area contributed by atoms with Crippen molar-refractivity contribution in [2.24, 2.45) is 0 Å². The average Bonchev–Trinajstić information content (AvgIpc) is 2.71. The molecule has 1 aromatic rings. The number of carbonyl (C=O) groups excluding carboxylic acids is 1. The van der Waals surface area contributed by atoms with Crippen molar-refractivity contribution < 1.29 is 9.53 Å². The molecule has 0 aliphatic carbocycles. The number of rotatable bonds is 4. The lowest BCUT2D eigenvalue weighted by molar-refractivity contribution is -0.128. The van der Waals surface area contributed by atoms with Crippen LogP contribution in [0.25, 0.3) is 0 Å². The fourth-order valence-electron chi connectivity index (χ4n) is 2.29. The fraction of sp³-hybridized carbons (Fsp3) is 0.500. The number of amides is 1. The van der Waals surface area contributed by atoms with Crippen molar-refractivity contribution in [3.63, 3.8) is 0 Å².